The molecule has 1 aromatic carbocycles. The largest absolute Gasteiger partial charge is 0.387 e. The summed E-state index contributed by atoms with van der Waals surface area (Å²) in [6.45, 7) is 7.17. The number of rotatable bonds is 10. The second-order valence-corrected chi connectivity index (χ2v) is 5.53. The van der Waals surface area contributed by atoms with E-state index in [0.29, 0.717) is 12.2 Å². The summed E-state index contributed by atoms with van der Waals surface area (Å²) in [7, 11) is 0. The van der Waals surface area contributed by atoms with Crippen molar-refractivity contribution in [2.75, 3.05) is 18.4 Å². The van der Waals surface area contributed by atoms with Gasteiger partial charge >= 0.3 is 0 Å². The van der Waals surface area contributed by atoms with Gasteiger partial charge in [-0.25, -0.2) is 0 Å². The first kappa shape index (κ1) is 18.7. The molecule has 0 bridgehead atoms. The maximum absolute atomic E-state index is 12.5. The number of para-hydroxylation sites is 1. The molecule has 1 rings (SSSR count). The van der Waals surface area contributed by atoms with Crippen molar-refractivity contribution < 1.29 is 9.59 Å². The number of carbonyl (C=O) groups is 2. The smallest absolute Gasteiger partial charge is 0.273 e. The summed E-state index contributed by atoms with van der Waals surface area (Å²) in [5.74, 6) is -0.115. The van der Waals surface area contributed by atoms with Crippen LogP contribution >= 0.6 is 0 Å². The summed E-state index contributed by atoms with van der Waals surface area (Å²) in [6.07, 6.45) is 2.61. The van der Waals surface area contributed by atoms with E-state index < -0.39 is 0 Å². The van der Waals surface area contributed by atoms with E-state index in [9.17, 15) is 9.59 Å². The molecule has 0 saturated carbocycles. The zero-order chi connectivity index (χ0) is 17.1. The Morgan fingerprint density at radius 1 is 1.22 bits per heavy atom. The van der Waals surface area contributed by atoms with Crippen LogP contribution in [-0.2, 0) is 9.59 Å². The average molecular weight is 317 g/mol. The number of amides is 1. The highest BCUT2D eigenvalue weighted by molar-refractivity contribution is 6.03. The first-order chi connectivity index (χ1) is 11.1. The van der Waals surface area contributed by atoms with Gasteiger partial charge in [0.2, 0.25) is 0 Å². The number of aldehydes is 1. The Bertz CT molecular complexity index is 526. The summed E-state index contributed by atoms with van der Waals surface area (Å²) >= 11 is 0. The molecule has 0 aromatic heterocycles. The molecule has 126 valence electrons. The minimum Gasteiger partial charge on any atom is -0.387 e. The van der Waals surface area contributed by atoms with Gasteiger partial charge in [-0.15, -0.1) is 0 Å². The van der Waals surface area contributed by atoms with E-state index in [1.165, 1.54) is 0 Å². The van der Waals surface area contributed by atoms with Gasteiger partial charge in [-0.2, -0.15) is 0 Å². The van der Waals surface area contributed by atoms with Crippen molar-refractivity contribution in [1.29, 1.82) is 0 Å². The first-order valence-electron chi connectivity index (χ1n) is 8.08. The van der Waals surface area contributed by atoms with Crippen molar-refractivity contribution in [2.24, 2.45) is 5.92 Å². The Kier molecular flexibility index (Phi) is 8.50. The first-order valence-corrected chi connectivity index (χ1v) is 8.08. The quantitative estimate of drug-likeness (QED) is 0.352. The number of carbonyl (C=O) groups excluding carboxylic acids is 2. The number of hydrogen-bond acceptors (Lipinski definition) is 4. The molecule has 1 atom stereocenters. The topological polar surface area (TPSA) is 70.2 Å². The van der Waals surface area contributed by atoms with Crippen LogP contribution in [0.25, 0.3) is 0 Å². The summed E-state index contributed by atoms with van der Waals surface area (Å²) in [6, 6.07) is 9.37. The lowest BCUT2D eigenvalue weighted by molar-refractivity contribution is -0.113. The van der Waals surface area contributed by atoms with Crippen molar-refractivity contribution in [3.63, 3.8) is 0 Å². The summed E-state index contributed by atoms with van der Waals surface area (Å²) in [4.78, 5) is 23.1. The Balaban J connectivity index is 2.67. The van der Waals surface area contributed by atoms with Gasteiger partial charge in [0.05, 0.1) is 0 Å². The molecular formula is C18H27N3O2. The lowest BCUT2D eigenvalue weighted by atomic mass is 10.1. The van der Waals surface area contributed by atoms with E-state index >= 15 is 0 Å². The third-order valence-electron chi connectivity index (χ3n) is 3.45. The summed E-state index contributed by atoms with van der Waals surface area (Å²) < 4.78 is 0. The average Bonchev–Trinajstić information content (AvgIpc) is 2.55. The van der Waals surface area contributed by atoms with E-state index in [1.807, 2.05) is 51.1 Å². The highest BCUT2D eigenvalue weighted by Gasteiger charge is 2.13. The second kappa shape index (κ2) is 10.4. The van der Waals surface area contributed by atoms with Gasteiger partial charge in [-0.05, 0) is 38.8 Å². The highest BCUT2D eigenvalue weighted by Crippen LogP contribution is 2.09. The molecule has 5 heteroatoms. The molecule has 5 nitrogen and oxygen atoms in total. The van der Waals surface area contributed by atoms with Gasteiger partial charge in [0.1, 0.15) is 12.0 Å². The highest BCUT2D eigenvalue weighted by atomic mass is 16.2. The molecular weight excluding hydrogens is 290 g/mol. The van der Waals surface area contributed by atoms with Crippen LogP contribution in [0.4, 0.5) is 5.69 Å². The van der Waals surface area contributed by atoms with Gasteiger partial charge in [0, 0.05) is 30.4 Å². The van der Waals surface area contributed by atoms with Gasteiger partial charge < -0.3 is 20.7 Å². The maximum atomic E-state index is 12.5. The Hall–Kier alpha value is -2.30. The van der Waals surface area contributed by atoms with E-state index in [4.69, 9.17) is 0 Å². The Morgan fingerprint density at radius 2 is 1.91 bits per heavy atom. The van der Waals surface area contributed by atoms with Crippen molar-refractivity contribution in [2.45, 2.75) is 33.6 Å². The Labute approximate surface area is 138 Å². The van der Waals surface area contributed by atoms with Crippen LogP contribution in [0.1, 0.15) is 33.6 Å². The third-order valence-corrected chi connectivity index (χ3v) is 3.45. The number of nitrogens with one attached hydrogen (secondary N) is 3. The van der Waals surface area contributed by atoms with Gasteiger partial charge in [0.25, 0.3) is 5.91 Å². The molecule has 23 heavy (non-hydrogen) atoms. The fraction of sp³-hybridized carbons (Fsp3) is 0.444. The van der Waals surface area contributed by atoms with Crippen LogP contribution in [0.3, 0.4) is 0 Å². The molecule has 3 N–H and O–H groups in total. The third kappa shape index (κ3) is 7.00. The molecule has 1 amide bonds. The molecule has 0 aliphatic heterocycles. The molecule has 1 unspecified atom stereocenters. The fourth-order valence-corrected chi connectivity index (χ4v) is 2.16. The Morgan fingerprint density at radius 3 is 2.52 bits per heavy atom. The predicted octanol–water partition coefficient (Wildman–Crippen LogP) is 2.67. The number of anilines is 1. The maximum Gasteiger partial charge on any atom is 0.273 e. The lowest BCUT2D eigenvalue weighted by Gasteiger charge is -2.16. The normalized spacial score (nSPS) is 12.8. The van der Waals surface area contributed by atoms with Gasteiger partial charge in [-0.3, -0.25) is 4.79 Å². The van der Waals surface area contributed by atoms with Gasteiger partial charge in [0.15, 0.2) is 0 Å². The van der Waals surface area contributed by atoms with Crippen molar-refractivity contribution >= 4 is 17.9 Å². The molecule has 0 fully saturated rings. The summed E-state index contributed by atoms with van der Waals surface area (Å²) in [5, 5.41) is 9.25. The monoisotopic (exact) mass is 317 g/mol. The minimum absolute atomic E-state index is 0.0530. The number of benzene rings is 1. The lowest BCUT2D eigenvalue weighted by Crippen LogP contribution is -2.31. The molecule has 0 saturated heterocycles. The van der Waals surface area contributed by atoms with Crippen molar-refractivity contribution in [1.82, 2.24) is 10.6 Å². The SMILES string of the molecule is CCN/C(C)=C(\NCCCC(C)C=O)C(=O)Nc1ccccc1. The zero-order valence-electron chi connectivity index (χ0n) is 14.2. The van der Waals surface area contributed by atoms with Crippen LogP contribution in [0.15, 0.2) is 41.7 Å². The molecule has 0 aliphatic rings. The van der Waals surface area contributed by atoms with Crippen molar-refractivity contribution in [3.05, 3.63) is 41.7 Å². The van der Waals surface area contributed by atoms with E-state index in [-0.39, 0.29) is 11.8 Å². The standard InChI is InChI=1S/C18H27N3O2/c1-4-19-15(3)17(20-12-8-9-14(2)13-22)18(23)21-16-10-6-5-7-11-16/h5-7,10-11,13-14,19-20H,4,8-9,12H2,1-3H3,(H,21,23)/b17-15-. The second-order valence-electron chi connectivity index (χ2n) is 5.53. The minimum atomic E-state index is -0.168. The summed E-state index contributed by atoms with van der Waals surface area (Å²) in [5.41, 5.74) is 2.11. The zero-order valence-corrected chi connectivity index (χ0v) is 14.2. The van der Waals surface area contributed by atoms with Crippen molar-refractivity contribution in [3.8, 4) is 0 Å². The van der Waals surface area contributed by atoms with E-state index in [1.54, 1.807) is 0 Å². The van der Waals surface area contributed by atoms with Gasteiger partial charge in [-0.1, -0.05) is 25.1 Å². The van der Waals surface area contributed by atoms with E-state index in [0.717, 1.165) is 37.1 Å². The van der Waals surface area contributed by atoms with E-state index in [2.05, 4.69) is 16.0 Å². The van der Waals surface area contributed by atoms with Crippen LogP contribution < -0.4 is 16.0 Å². The van der Waals surface area contributed by atoms with Crippen LogP contribution in [0.5, 0.6) is 0 Å². The van der Waals surface area contributed by atoms with Crippen LogP contribution in [0, 0.1) is 5.92 Å². The predicted molar refractivity (Wildman–Crippen MR) is 93.9 cm³/mol. The fourth-order valence-electron chi connectivity index (χ4n) is 2.16. The molecule has 1 aromatic rings. The molecule has 0 radical (unpaired) electrons. The molecule has 0 spiro atoms. The molecule has 0 heterocycles. The van der Waals surface area contributed by atoms with Crippen LogP contribution in [-0.4, -0.2) is 25.3 Å². The molecule has 0 aliphatic carbocycles. The van der Waals surface area contributed by atoms with Crippen LogP contribution in [0.2, 0.25) is 0 Å². The number of allylic oxidation sites excluding steroid dienone is 1. The number of hydrogen-bond donors (Lipinski definition) is 3.